The van der Waals surface area contributed by atoms with Crippen LogP contribution < -0.4 is 10.5 Å². The molecule has 0 atom stereocenters. The summed E-state index contributed by atoms with van der Waals surface area (Å²) in [6.07, 6.45) is -4.46. The first-order valence-corrected chi connectivity index (χ1v) is 4.70. The number of alkyl halides is 3. The van der Waals surface area contributed by atoms with Crippen LogP contribution in [-0.2, 0) is 4.74 Å². The Bertz CT molecular complexity index is 434. The van der Waals surface area contributed by atoms with Crippen LogP contribution in [0, 0.1) is 0 Å². The van der Waals surface area contributed by atoms with E-state index in [0.717, 1.165) is 0 Å². The maximum absolute atomic E-state index is 11.8. The second-order valence-corrected chi connectivity index (χ2v) is 3.25. The second kappa shape index (κ2) is 5.58. The Morgan fingerprint density at radius 2 is 2.06 bits per heavy atom. The van der Waals surface area contributed by atoms with Crippen LogP contribution in [0.15, 0.2) is 18.2 Å². The molecular weight excluding hydrogens is 255 g/mol. The maximum Gasteiger partial charge on any atom is 0.411 e. The van der Waals surface area contributed by atoms with Gasteiger partial charge in [0, 0.05) is 5.69 Å². The Labute approximate surface area is 99.9 Å². The molecule has 8 heteroatoms. The molecule has 0 saturated carbocycles. The van der Waals surface area contributed by atoms with Crippen molar-refractivity contribution in [2.24, 2.45) is 0 Å². The Morgan fingerprint density at radius 3 is 2.61 bits per heavy atom. The highest BCUT2D eigenvalue weighted by atomic mass is 19.4. The first-order valence-electron chi connectivity index (χ1n) is 4.70. The van der Waals surface area contributed by atoms with Crippen molar-refractivity contribution in [1.82, 2.24) is 0 Å². The van der Waals surface area contributed by atoms with Crippen molar-refractivity contribution < 1.29 is 32.5 Å². The van der Waals surface area contributed by atoms with E-state index in [0.29, 0.717) is 0 Å². The molecule has 0 aliphatic carbocycles. The van der Waals surface area contributed by atoms with Crippen LogP contribution in [-0.4, -0.2) is 30.7 Å². The lowest BCUT2D eigenvalue weighted by molar-refractivity contribution is -0.186. The van der Waals surface area contributed by atoms with Gasteiger partial charge < -0.3 is 20.3 Å². The molecule has 0 aliphatic heterocycles. The Balaban J connectivity index is 2.63. The molecule has 18 heavy (non-hydrogen) atoms. The van der Waals surface area contributed by atoms with Crippen molar-refractivity contribution in [3.05, 3.63) is 23.8 Å². The predicted molar refractivity (Wildman–Crippen MR) is 55.3 cm³/mol. The Morgan fingerprint density at radius 1 is 1.39 bits per heavy atom. The van der Waals surface area contributed by atoms with Gasteiger partial charge >= 0.3 is 12.1 Å². The number of benzene rings is 1. The monoisotopic (exact) mass is 265 g/mol. The number of carboxylic acid groups (broad SMARTS) is 1. The highest BCUT2D eigenvalue weighted by Gasteiger charge is 2.27. The summed E-state index contributed by atoms with van der Waals surface area (Å²) in [7, 11) is 0. The molecule has 1 aromatic carbocycles. The average Bonchev–Trinajstić information content (AvgIpc) is 2.22. The number of hydrogen-bond donors (Lipinski definition) is 2. The molecule has 0 heterocycles. The van der Waals surface area contributed by atoms with Crippen LogP contribution in [0.2, 0.25) is 0 Å². The second-order valence-electron chi connectivity index (χ2n) is 3.25. The van der Waals surface area contributed by atoms with Crippen molar-refractivity contribution in [3.63, 3.8) is 0 Å². The largest absolute Gasteiger partial charge is 0.477 e. The zero-order valence-electron chi connectivity index (χ0n) is 9.03. The highest BCUT2D eigenvalue weighted by Crippen LogP contribution is 2.24. The van der Waals surface area contributed by atoms with Crippen LogP contribution in [0.1, 0.15) is 10.4 Å². The Hall–Kier alpha value is -1.96. The summed E-state index contributed by atoms with van der Waals surface area (Å²) in [6, 6.07) is 4.03. The van der Waals surface area contributed by atoms with E-state index in [1.54, 1.807) is 0 Å². The molecule has 0 aromatic heterocycles. The van der Waals surface area contributed by atoms with E-state index < -0.39 is 25.5 Å². The van der Waals surface area contributed by atoms with Crippen molar-refractivity contribution in [1.29, 1.82) is 0 Å². The van der Waals surface area contributed by atoms with E-state index in [1.165, 1.54) is 18.2 Å². The lowest BCUT2D eigenvalue weighted by atomic mass is 10.1. The van der Waals surface area contributed by atoms with Crippen molar-refractivity contribution in [2.75, 3.05) is 19.1 Å². The summed E-state index contributed by atoms with van der Waals surface area (Å²) in [5.74, 6) is -1.48. The standard InChI is InChI=1S/C10H10F3NO4/c11-10(12,13)4-17-5-18-7-3-1-2-6(14)8(7)9(15)16/h1-3H,4-5,14H2,(H,15,16). The minimum absolute atomic E-state index is 0.0455. The van der Waals surface area contributed by atoms with E-state index in [9.17, 15) is 18.0 Å². The number of nitrogens with two attached hydrogens (primary N) is 1. The zero-order chi connectivity index (χ0) is 13.8. The fourth-order valence-electron chi connectivity index (χ4n) is 1.16. The summed E-state index contributed by atoms with van der Waals surface area (Å²) < 4.78 is 44.3. The lowest BCUT2D eigenvalue weighted by Gasteiger charge is -2.12. The van der Waals surface area contributed by atoms with Gasteiger partial charge in [0.2, 0.25) is 0 Å². The van der Waals surface area contributed by atoms with Crippen LogP contribution in [0.5, 0.6) is 5.75 Å². The van der Waals surface area contributed by atoms with Crippen LogP contribution in [0.25, 0.3) is 0 Å². The van der Waals surface area contributed by atoms with Gasteiger partial charge in [-0.05, 0) is 12.1 Å². The van der Waals surface area contributed by atoms with E-state index in [4.69, 9.17) is 15.6 Å². The van der Waals surface area contributed by atoms with Crippen molar-refractivity contribution >= 4 is 11.7 Å². The number of ether oxygens (including phenoxy) is 2. The third-order valence-corrected chi connectivity index (χ3v) is 1.84. The van der Waals surface area contributed by atoms with Crippen LogP contribution in [0.4, 0.5) is 18.9 Å². The van der Waals surface area contributed by atoms with Crippen LogP contribution >= 0.6 is 0 Å². The minimum atomic E-state index is -4.46. The summed E-state index contributed by atoms with van der Waals surface area (Å²) in [6.45, 7) is -2.19. The number of hydrogen-bond acceptors (Lipinski definition) is 4. The SMILES string of the molecule is Nc1cccc(OCOCC(F)(F)F)c1C(=O)O. The molecule has 0 unspecified atom stereocenters. The molecule has 5 nitrogen and oxygen atoms in total. The van der Waals surface area contributed by atoms with Crippen molar-refractivity contribution in [2.45, 2.75) is 6.18 Å². The van der Waals surface area contributed by atoms with E-state index in [1.807, 2.05) is 0 Å². The van der Waals surface area contributed by atoms with Gasteiger partial charge in [-0.25, -0.2) is 4.79 Å². The molecule has 0 bridgehead atoms. The van der Waals surface area contributed by atoms with Gasteiger partial charge in [-0.2, -0.15) is 13.2 Å². The quantitative estimate of drug-likeness (QED) is 0.482. The third-order valence-electron chi connectivity index (χ3n) is 1.84. The Kier molecular flexibility index (Phi) is 4.38. The number of aromatic carboxylic acids is 1. The first-order chi connectivity index (χ1) is 8.31. The fourth-order valence-corrected chi connectivity index (χ4v) is 1.16. The smallest absolute Gasteiger partial charge is 0.411 e. The molecular formula is C10H10F3NO4. The zero-order valence-corrected chi connectivity index (χ0v) is 9.03. The molecule has 100 valence electrons. The normalized spacial score (nSPS) is 11.3. The van der Waals surface area contributed by atoms with E-state index in [2.05, 4.69) is 4.74 Å². The summed E-state index contributed by atoms with van der Waals surface area (Å²) in [5, 5.41) is 8.85. The molecule has 0 saturated heterocycles. The topological polar surface area (TPSA) is 81.8 Å². The van der Waals surface area contributed by atoms with E-state index in [-0.39, 0.29) is 17.0 Å². The third kappa shape index (κ3) is 4.13. The molecule has 1 rings (SSSR count). The van der Waals surface area contributed by atoms with Gasteiger partial charge in [-0.15, -0.1) is 0 Å². The number of halogens is 3. The van der Waals surface area contributed by atoms with Gasteiger partial charge in [-0.3, -0.25) is 0 Å². The van der Waals surface area contributed by atoms with Crippen molar-refractivity contribution in [3.8, 4) is 5.75 Å². The number of anilines is 1. The maximum atomic E-state index is 11.8. The lowest BCUT2D eigenvalue weighted by Crippen LogP contribution is -2.19. The molecule has 0 aliphatic rings. The fraction of sp³-hybridized carbons (Fsp3) is 0.300. The minimum Gasteiger partial charge on any atom is -0.477 e. The summed E-state index contributed by atoms with van der Waals surface area (Å²) in [4.78, 5) is 10.9. The van der Waals surface area contributed by atoms with Gasteiger partial charge in [0.15, 0.2) is 6.79 Å². The van der Waals surface area contributed by atoms with E-state index >= 15 is 0 Å². The molecule has 0 amide bonds. The van der Waals surface area contributed by atoms with Gasteiger partial charge in [0.1, 0.15) is 17.9 Å². The number of rotatable bonds is 5. The molecule has 0 spiro atoms. The number of carboxylic acids is 1. The predicted octanol–water partition coefficient (Wildman–Crippen LogP) is 1.88. The van der Waals surface area contributed by atoms with Gasteiger partial charge in [0.05, 0.1) is 0 Å². The molecule has 3 N–H and O–H groups in total. The summed E-state index contributed by atoms with van der Waals surface area (Å²) >= 11 is 0. The van der Waals surface area contributed by atoms with Gasteiger partial charge in [-0.1, -0.05) is 6.07 Å². The van der Waals surface area contributed by atoms with Gasteiger partial charge in [0.25, 0.3) is 0 Å². The first kappa shape index (κ1) is 14.1. The number of carbonyl (C=O) groups is 1. The summed E-state index contributed by atoms with van der Waals surface area (Å²) in [5.41, 5.74) is 5.06. The highest BCUT2D eigenvalue weighted by molar-refractivity contribution is 5.96. The molecule has 0 fully saturated rings. The molecule has 1 aromatic rings. The van der Waals surface area contributed by atoms with Crippen LogP contribution in [0.3, 0.4) is 0 Å². The average molecular weight is 265 g/mol. The molecule has 0 radical (unpaired) electrons. The number of nitrogen functional groups attached to an aromatic ring is 1.